The van der Waals surface area contributed by atoms with Gasteiger partial charge in [0.2, 0.25) is 0 Å². The number of hydrogen-bond acceptors (Lipinski definition) is 3. The quantitative estimate of drug-likeness (QED) is 0.513. The van der Waals surface area contributed by atoms with Gasteiger partial charge in [0.05, 0.1) is 0 Å². The fourth-order valence-electron chi connectivity index (χ4n) is 1.60. The molecule has 1 unspecified atom stereocenters. The van der Waals surface area contributed by atoms with Gasteiger partial charge in [-0.1, -0.05) is 0 Å². The molecule has 72 valence electrons. The van der Waals surface area contributed by atoms with Crippen LogP contribution >= 0.6 is 0 Å². The van der Waals surface area contributed by atoms with E-state index in [1.165, 1.54) is 25.8 Å². The minimum absolute atomic E-state index is 0.705. The fraction of sp³-hybridized carbons (Fsp3) is 1.00. The van der Waals surface area contributed by atoms with E-state index in [1.54, 1.807) is 0 Å². The lowest BCUT2D eigenvalue weighted by atomic mass is 10.1. The second-order valence-electron chi connectivity index (χ2n) is 3.49. The van der Waals surface area contributed by atoms with Crippen molar-refractivity contribution in [2.24, 2.45) is 5.73 Å². The zero-order valence-electron chi connectivity index (χ0n) is 7.81. The standard InChI is InChI=1S/C9H21N3/c10-5-1-2-7-12-9-4-3-6-11-8-9/h9,11-12H,1-8,10H2. The highest BCUT2D eigenvalue weighted by Gasteiger charge is 2.10. The summed E-state index contributed by atoms with van der Waals surface area (Å²) >= 11 is 0. The van der Waals surface area contributed by atoms with Gasteiger partial charge >= 0.3 is 0 Å². The van der Waals surface area contributed by atoms with Gasteiger partial charge in [0, 0.05) is 12.6 Å². The Morgan fingerprint density at radius 2 is 2.33 bits per heavy atom. The Morgan fingerprint density at radius 1 is 1.42 bits per heavy atom. The maximum absolute atomic E-state index is 5.41. The number of piperidine rings is 1. The Balaban J connectivity index is 1.91. The van der Waals surface area contributed by atoms with Crippen molar-refractivity contribution in [1.29, 1.82) is 0 Å². The van der Waals surface area contributed by atoms with Crippen LogP contribution in [0.3, 0.4) is 0 Å². The number of nitrogens with one attached hydrogen (secondary N) is 2. The van der Waals surface area contributed by atoms with E-state index in [0.717, 1.165) is 26.1 Å². The van der Waals surface area contributed by atoms with Crippen molar-refractivity contribution < 1.29 is 0 Å². The van der Waals surface area contributed by atoms with Crippen molar-refractivity contribution in [2.45, 2.75) is 31.7 Å². The second-order valence-corrected chi connectivity index (χ2v) is 3.49. The van der Waals surface area contributed by atoms with E-state index in [2.05, 4.69) is 10.6 Å². The molecule has 0 amide bonds. The van der Waals surface area contributed by atoms with Crippen LogP contribution in [0, 0.1) is 0 Å². The van der Waals surface area contributed by atoms with Crippen LogP contribution in [-0.2, 0) is 0 Å². The van der Waals surface area contributed by atoms with Crippen molar-refractivity contribution in [3.63, 3.8) is 0 Å². The summed E-state index contributed by atoms with van der Waals surface area (Å²) in [5, 5.41) is 6.93. The van der Waals surface area contributed by atoms with Crippen molar-refractivity contribution >= 4 is 0 Å². The molecule has 1 fully saturated rings. The molecule has 0 bridgehead atoms. The molecular weight excluding hydrogens is 150 g/mol. The van der Waals surface area contributed by atoms with Crippen LogP contribution in [0.25, 0.3) is 0 Å². The average Bonchev–Trinajstić information content (AvgIpc) is 2.14. The van der Waals surface area contributed by atoms with Crippen LogP contribution in [0.15, 0.2) is 0 Å². The smallest absolute Gasteiger partial charge is 0.0192 e. The molecule has 0 saturated carbocycles. The maximum Gasteiger partial charge on any atom is 0.0192 e. The highest BCUT2D eigenvalue weighted by molar-refractivity contribution is 4.74. The SMILES string of the molecule is NCCCCNC1CCCNC1. The van der Waals surface area contributed by atoms with Gasteiger partial charge in [-0.15, -0.1) is 0 Å². The summed E-state index contributed by atoms with van der Waals surface area (Å²) in [5.41, 5.74) is 5.41. The normalized spacial score (nSPS) is 24.2. The molecule has 4 N–H and O–H groups in total. The molecule has 3 nitrogen and oxygen atoms in total. The fourth-order valence-corrected chi connectivity index (χ4v) is 1.60. The predicted octanol–water partition coefficient (Wildman–Crippen LogP) is 0.0669. The number of rotatable bonds is 5. The third kappa shape index (κ3) is 4.04. The van der Waals surface area contributed by atoms with E-state index in [9.17, 15) is 0 Å². The molecular formula is C9H21N3. The zero-order valence-corrected chi connectivity index (χ0v) is 7.81. The van der Waals surface area contributed by atoms with Crippen LogP contribution in [0.2, 0.25) is 0 Å². The Hall–Kier alpha value is -0.120. The van der Waals surface area contributed by atoms with E-state index < -0.39 is 0 Å². The summed E-state index contributed by atoms with van der Waals surface area (Å²) < 4.78 is 0. The first-order valence-corrected chi connectivity index (χ1v) is 5.07. The first-order valence-electron chi connectivity index (χ1n) is 5.07. The molecule has 1 aliphatic rings. The summed E-state index contributed by atoms with van der Waals surface area (Å²) in [5.74, 6) is 0. The highest BCUT2D eigenvalue weighted by atomic mass is 15.0. The minimum Gasteiger partial charge on any atom is -0.330 e. The third-order valence-electron chi connectivity index (χ3n) is 2.36. The summed E-state index contributed by atoms with van der Waals surface area (Å²) in [7, 11) is 0. The Morgan fingerprint density at radius 3 is 3.00 bits per heavy atom. The van der Waals surface area contributed by atoms with Gasteiger partial charge in [-0.2, -0.15) is 0 Å². The van der Waals surface area contributed by atoms with Gasteiger partial charge in [-0.3, -0.25) is 0 Å². The molecule has 12 heavy (non-hydrogen) atoms. The zero-order chi connectivity index (χ0) is 8.65. The van der Waals surface area contributed by atoms with Crippen LogP contribution in [0.5, 0.6) is 0 Å². The van der Waals surface area contributed by atoms with Crippen molar-refractivity contribution in [3.8, 4) is 0 Å². The number of unbranched alkanes of at least 4 members (excludes halogenated alkanes) is 1. The van der Waals surface area contributed by atoms with Gasteiger partial charge in [0.15, 0.2) is 0 Å². The second kappa shape index (κ2) is 6.40. The van der Waals surface area contributed by atoms with E-state index in [1.807, 2.05) is 0 Å². The molecule has 1 atom stereocenters. The van der Waals surface area contributed by atoms with Crippen LogP contribution in [0.1, 0.15) is 25.7 Å². The molecule has 1 heterocycles. The van der Waals surface area contributed by atoms with Crippen LogP contribution in [-0.4, -0.2) is 32.2 Å². The average molecular weight is 171 g/mol. The number of hydrogen-bond donors (Lipinski definition) is 3. The lowest BCUT2D eigenvalue weighted by molar-refractivity contribution is 0.387. The van der Waals surface area contributed by atoms with Crippen LogP contribution in [0.4, 0.5) is 0 Å². The van der Waals surface area contributed by atoms with E-state index >= 15 is 0 Å². The molecule has 0 radical (unpaired) electrons. The summed E-state index contributed by atoms with van der Waals surface area (Å²) in [6, 6.07) is 0.705. The maximum atomic E-state index is 5.41. The van der Waals surface area contributed by atoms with E-state index in [4.69, 9.17) is 5.73 Å². The van der Waals surface area contributed by atoms with Gasteiger partial charge in [-0.05, 0) is 45.3 Å². The topological polar surface area (TPSA) is 50.1 Å². The molecule has 3 heteroatoms. The lowest BCUT2D eigenvalue weighted by Gasteiger charge is -2.23. The third-order valence-corrected chi connectivity index (χ3v) is 2.36. The Bertz CT molecular complexity index is 99.9. The number of nitrogens with two attached hydrogens (primary N) is 1. The predicted molar refractivity (Wildman–Crippen MR) is 52.2 cm³/mol. The minimum atomic E-state index is 0.705. The van der Waals surface area contributed by atoms with Crippen molar-refractivity contribution in [3.05, 3.63) is 0 Å². The van der Waals surface area contributed by atoms with E-state index in [-0.39, 0.29) is 0 Å². The summed E-state index contributed by atoms with van der Waals surface area (Å²) in [4.78, 5) is 0. The molecule has 0 aromatic rings. The highest BCUT2D eigenvalue weighted by Crippen LogP contribution is 2.00. The van der Waals surface area contributed by atoms with Crippen molar-refractivity contribution in [1.82, 2.24) is 10.6 Å². The monoisotopic (exact) mass is 171 g/mol. The molecule has 0 aliphatic carbocycles. The van der Waals surface area contributed by atoms with Gasteiger partial charge in [-0.25, -0.2) is 0 Å². The summed E-state index contributed by atoms with van der Waals surface area (Å²) in [6.07, 6.45) is 5.00. The molecule has 0 aromatic carbocycles. The first kappa shape index (κ1) is 9.96. The van der Waals surface area contributed by atoms with Gasteiger partial charge in [0.1, 0.15) is 0 Å². The molecule has 1 rings (SSSR count). The lowest BCUT2D eigenvalue weighted by Crippen LogP contribution is -2.43. The van der Waals surface area contributed by atoms with Crippen molar-refractivity contribution in [2.75, 3.05) is 26.2 Å². The van der Waals surface area contributed by atoms with Gasteiger partial charge < -0.3 is 16.4 Å². The molecule has 1 saturated heterocycles. The molecule has 0 aromatic heterocycles. The molecule has 0 spiro atoms. The van der Waals surface area contributed by atoms with E-state index in [0.29, 0.717) is 6.04 Å². The molecule has 1 aliphatic heterocycles. The Labute approximate surface area is 75.1 Å². The van der Waals surface area contributed by atoms with Gasteiger partial charge in [0.25, 0.3) is 0 Å². The largest absolute Gasteiger partial charge is 0.330 e. The summed E-state index contributed by atoms with van der Waals surface area (Å²) in [6.45, 7) is 4.29. The first-order chi connectivity index (χ1) is 5.93. The Kier molecular flexibility index (Phi) is 5.32. The van der Waals surface area contributed by atoms with Crippen LogP contribution < -0.4 is 16.4 Å².